The monoisotopic (exact) mass is 340 g/mol. The zero-order valence-corrected chi connectivity index (χ0v) is 12.7. The Labute approximate surface area is 132 Å². The summed E-state index contributed by atoms with van der Waals surface area (Å²) in [6.45, 7) is 0.682. The van der Waals surface area contributed by atoms with Crippen LogP contribution in [0.3, 0.4) is 0 Å². The van der Waals surface area contributed by atoms with Gasteiger partial charge in [0.1, 0.15) is 12.2 Å². The molecular formula is C14H11F3N4OS. The number of thiazole rings is 1. The van der Waals surface area contributed by atoms with Crippen molar-refractivity contribution < 1.29 is 18.0 Å². The number of benzene rings is 1. The standard InChI is InChI=1S/C14H11F3N4OS/c1-8-12(19-7-23-8)13(22)20-9-2-3-11-10(4-9)18-6-21(11)5-14(15,16)17/h2-4,6-7H,5H2,1H3,(H,20,22). The summed E-state index contributed by atoms with van der Waals surface area (Å²) >= 11 is 1.36. The van der Waals surface area contributed by atoms with Crippen LogP contribution in [0.1, 0.15) is 15.4 Å². The van der Waals surface area contributed by atoms with Gasteiger partial charge in [0.05, 0.1) is 22.9 Å². The van der Waals surface area contributed by atoms with Gasteiger partial charge >= 0.3 is 6.18 Å². The van der Waals surface area contributed by atoms with Crippen LogP contribution in [0.4, 0.5) is 18.9 Å². The minimum atomic E-state index is -4.32. The SMILES string of the molecule is Cc1scnc1C(=O)Nc1ccc2c(c1)ncn2CC(F)(F)F. The Hall–Kier alpha value is -2.42. The highest BCUT2D eigenvalue weighted by Crippen LogP contribution is 2.23. The van der Waals surface area contributed by atoms with Crippen LogP contribution in [0.25, 0.3) is 11.0 Å². The van der Waals surface area contributed by atoms with E-state index in [1.807, 2.05) is 0 Å². The van der Waals surface area contributed by atoms with Gasteiger partial charge in [-0.25, -0.2) is 9.97 Å². The van der Waals surface area contributed by atoms with E-state index in [4.69, 9.17) is 0 Å². The van der Waals surface area contributed by atoms with Crippen LogP contribution < -0.4 is 5.32 Å². The molecule has 0 saturated heterocycles. The molecule has 0 bridgehead atoms. The molecule has 0 radical (unpaired) electrons. The predicted molar refractivity (Wildman–Crippen MR) is 80.6 cm³/mol. The molecule has 0 aliphatic rings. The number of hydrogen-bond acceptors (Lipinski definition) is 4. The number of imidazole rings is 1. The van der Waals surface area contributed by atoms with Crippen LogP contribution in [0.5, 0.6) is 0 Å². The van der Waals surface area contributed by atoms with E-state index in [9.17, 15) is 18.0 Å². The molecular weight excluding hydrogens is 329 g/mol. The highest BCUT2D eigenvalue weighted by molar-refractivity contribution is 7.09. The number of rotatable bonds is 3. The molecule has 0 saturated carbocycles. The van der Waals surface area contributed by atoms with Gasteiger partial charge in [-0.05, 0) is 25.1 Å². The normalized spacial score (nSPS) is 11.8. The molecule has 3 rings (SSSR count). The molecule has 23 heavy (non-hydrogen) atoms. The fourth-order valence-electron chi connectivity index (χ4n) is 2.17. The van der Waals surface area contributed by atoms with Gasteiger partial charge in [-0.3, -0.25) is 4.79 Å². The molecule has 0 fully saturated rings. The zero-order valence-electron chi connectivity index (χ0n) is 11.9. The third-order valence-corrected chi connectivity index (χ3v) is 3.95. The first-order valence-electron chi connectivity index (χ1n) is 6.56. The predicted octanol–water partition coefficient (Wildman–Crippen LogP) is 3.62. The van der Waals surface area contributed by atoms with Crippen molar-refractivity contribution >= 4 is 34.0 Å². The lowest BCUT2D eigenvalue weighted by Crippen LogP contribution is -2.16. The van der Waals surface area contributed by atoms with Gasteiger partial charge in [0, 0.05) is 10.6 Å². The molecule has 3 aromatic rings. The largest absolute Gasteiger partial charge is 0.406 e. The first-order chi connectivity index (χ1) is 10.8. The molecule has 1 aromatic carbocycles. The van der Waals surface area contributed by atoms with Crippen molar-refractivity contribution in [3.63, 3.8) is 0 Å². The number of alkyl halides is 3. The van der Waals surface area contributed by atoms with Gasteiger partial charge in [-0.2, -0.15) is 13.2 Å². The number of fused-ring (bicyclic) bond motifs is 1. The lowest BCUT2D eigenvalue weighted by atomic mass is 10.2. The molecule has 0 aliphatic heterocycles. The quantitative estimate of drug-likeness (QED) is 0.792. The van der Waals surface area contributed by atoms with Crippen molar-refractivity contribution in [3.05, 3.63) is 40.6 Å². The summed E-state index contributed by atoms with van der Waals surface area (Å²) in [5, 5.41) is 2.67. The van der Waals surface area contributed by atoms with Crippen LogP contribution in [0.15, 0.2) is 30.0 Å². The van der Waals surface area contributed by atoms with Crippen molar-refractivity contribution in [2.24, 2.45) is 0 Å². The van der Waals surface area contributed by atoms with Gasteiger partial charge < -0.3 is 9.88 Å². The van der Waals surface area contributed by atoms with Gasteiger partial charge in [0.2, 0.25) is 0 Å². The minimum absolute atomic E-state index is 0.331. The van der Waals surface area contributed by atoms with E-state index >= 15 is 0 Å². The van der Waals surface area contributed by atoms with Crippen molar-refractivity contribution in [2.75, 3.05) is 5.32 Å². The smallest absolute Gasteiger partial charge is 0.321 e. The maximum Gasteiger partial charge on any atom is 0.406 e. The number of amides is 1. The van der Waals surface area contributed by atoms with Gasteiger partial charge in [-0.15, -0.1) is 11.3 Å². The molecule has 0 unspecified atom stereocenters. The molecule has 0 spiro atoms. The Kier molecular flexibility index (Phi) is 3.80. The Balaban J connectivity index is 1.84. The Morgan fingerprint density at radius 1 is 1.35 bits per heavy atom. The zero-order chi connectivity index (χ0) is 16.6. The topological polar surface area (TPSA) is 59.8 Å². The maximum atomic E-state index is 12.5. The molecule has 120 valence electrons. The number of halogens is 3. The van der Waals surface area contributed by atoms with Gasteiger partial charge in [0.15, 0.2) is 0 Å². The van der Waals surface area contributed by atoms with E-state index in [0.717, 1.165) is 15.8 Å². The minimum Gasteiger partial charge on any atom is -0.321 e. The highest BCUT2D eigenvalue weighted by Gasteiger charge is 2.28. The fraction of sp³-hybridized carbons (Fsp3) is 0.214. The van der Waals surface area contributed by atoms with Crippen LogP contribution in [-0.2, 0) is 6.54 Å². The molecule has 9 heteroatoms. The van der Waals surface area contributed by atoms with E-state index in [-0.39, 0.29) is 5.91 Å². The molecule has 1 N–H and O–H groups in total. The summed E-state index contributed by atoms with van der Waals surface area (Å²) < 4.78 is 38.5. The molecule has 2 heterocycles. The van der Waals surface area contributed by atoms with E-state index in [0.29, 0.717) is 22.4 Å². The summed E-state index contributed by atoms with van der Waals surface area (Å²) in [6, 6.07) is 4.57. The van der Waals surface area contributed by atoms with Crippen molar-refractivity contribution in [1.82, 2.24) is 14.5 Å². The average molecular weight is 340 g/mol. The third kappa shape index (κ3) is 3.34. The second-order valence-electron chi connectivity index (χ2n) is 4.90. The van der Waals surface area contributed by atoms with Crippen LogP contribution in [-0.4, -0.2) is 26.6 Å². The van der Waals surface area contributed by atoms with Crippen LogP contribution >= 0.6 is 11.3 Å². The van der Waals surface area contributed by atoms with Crippen molar-refractivity contribution in [1.29, 1.82) is 0 Å². The second-order valence-corrected chi connectivity index (χ2v) is 5.96. The number of carbonyl (C=O) groups excluding carboxylic acids is 1. The first-order valence-corrected chi connectivity index (χ1v) is 7.44. The lowest BCUT2D eigenvalue weighted by Gasteiger charge is -2.08. The number of carbonyl (C=O) groups is 1. The molecule has 2 aromatic heterocycles. The highest BCUT2D eigenvalue weighted by atomic mass is 32.1. The summed E-state index contributed by atoms with van der Waals surface area (Å²) in [5.74, 6) is -0.363. The fourth-order valence-corrected chi connectivity index (χ4v) is 2.75. The third-order valence-electron chi connectivity index (χ3n) is 3.19. The summed E-state index contributed by atoms with van der Waals surface area (Å²) in [4.78, 5) is 20.8. The maximum absolute atomic E-state index is 12.5. The number of aromatic nitrogens is 3. The number of aryl methyl sites for hydroxylation is 1. The summed E-state index contributed by atoms with van der Waals surface area (Å²) in [6.07, 6.45) is -3.18. The number of anilines is 1. The number of nitrogens with one attached hydrogen (secondary N) is 1. The Morgan fingerprint density at radius 3 is 2.78 bits per heavy atom. The van der Waals surface area contributed by atoms with Crippen LogP contribution in [0.2, 0.25) is 0 Å². The molecule has 0 aliphatic carbocycles. The molecule has 5 nitrogen and oxygen atoms in total. The number of nitrogens with zero attached hydrogens (tertiary/aromatic N) is 3. The van der Waals surface area contributed by atoms with Crippen molar-refractivity contribution in [3.8, 4) is 0 Å². The first kappa shape index (κ1) is 15.5. The van der Waals surface area contributed by atoms with E-state index in [1.54, 1.807) is 12.4 Å². The van der Waals surface area contributed by atoms with E-state index in [1.165, 1.54) is 29.5 Å². The second kappa shape index (κ2) is 5.65. The molecule has 1 amide bonds. The Morgan fingerprint density at radius 2 is 2.13 bits per heavy atom. The van der Waals surface area contributed by atoms with E-state index in [2.05, 4.69) is 15.3 Å². The number of hydrogen-bond donors (Lipinski definition) is 1. The lowest BCUT2D eigenvalue weighted by molar-refractivity contribution is -0.139. The van der Waals surface area contributed by atoms with E-state index < -0.39 is 12.7 Å². The summed E-state index contributed by atoms with van der Waals surface area (Å²) in [7, 11) is 0. The van der Waals surface area contributed by atoms with Gasteiger partial charge in [0.25, 0.3) is 5.91 Å². The Bertz CT molecular complexity index is 868. The summed E-state index contributed by atoms with van der Waals surface area (Å²) in [5.41, 5.74) is 3.09. The van der Waals surface area contributed by atoms with Crippen molar-refractivity contribution in [2.45, 2.75) is 19.6 Å². The molecule has 0 atom stereocenters. The van der Waals surface area contributed by atoms with Gasteiger partial charge in [-0.1, -0.05) is 0 Å². The average Bonchev–Trinajstić information content (AvgIpc) is 3.04. The van der Waals surface area contributed by atoms with Crippen LogP contribution in [0, 0.1) is 6.92 Å².